The molecule has 0 aliphatic carbocycles. The molecule has 0 radical (unpaired) electrons. The first-order valence-electron chi connectivity index (χ1n) is 9.39. The highest BCUT2D eigenvalue weighted by atomic mass is 15.3. The van der Waals surface area contributed by atoms with E-state index in [0.717, 1.165) is 24.5 Å². The summed E-state index contributed by atoms with van der Waals surface area (Å²) in [7, 11) is 0. The van der Waals surface area contributed by atoms with E-state index in [2.05, 4.69) is 70.4 Å². The van der Waals surface area contributed by atoms with Crippen LogP contribution >= 0.6 is 0 Å². The predicted molar refractivity (Wildman–Crippen MR) is 108 cm³/mol. The van der Waals surface area contributed by atoms with Gasteiger partial charge in [-0.25, -0.2) is 0 Å². The summed E-state index contributed by atoms with van der Waals surface area (Å²) < 4.78 is 0. The van der Waals surface area contributed by atoms with Gasteiger partial charge in [0, 0.05) is 18.4 Å². The fourth-order valence-corrected chi connectivity index (χ4v) is 3.63. The summed E-state index contributed by atoms with van der Waals surface area (Å²) >= 11 is 0. The van der Waals surface area contributed by atoms with Gasteiger partial charge >= 0.3 is 0 Å². The topological polar surface area (TPSA) is 36.4 Å². The van der Waals surface area contributed by atoms with E-state index in [9.17, 15) is 0 Å². The van der Waals surface area contributed by atoms with Crippen LogP contribution in [-0.4, -0.2) is 12.4 Å². The van der Waals surface area contributed by atoms with E-state index >= 15 is 0 Å². The van der Waals surface area contributed by atoms with Crippen molar-refractivity contribution in [1.29, 1.82) is 0 Å². The van der Waals surface area contributed by atoms with Crippen LogP contribution in [0.15, 0.2) is 59.7 Å². The number of nitrogens with zero attached hydrogens (tertiary/aromatic N) is 1. The first kappa shape index (κ1) is 15.9. The Bertz CT molecular complexity index is 886. The molecule has 1 saturated heterocycles. The Balaban J connectivity index is 1.64. The fraction of sp³-hybridized carbons (Fsp3) is 0.318. The molecule has 1 fully saturated rings. The molecule has 3 nitrogen and oxygen atoms in total. The third kappa shape index (κ3) is 3.60. The summed E-state index contributed by atoms with van der Waals surface area (Å²) in [4.78, 5) is 0. The number of rotatable bonds is 2. The van der Waals surface area contributed by atoms with Crippen LogP contribution in [0.3, 0.4) is 0 Å². The quantitative estimate of drug-likeness (QED) is 0.469. The van der Waals surface area contributed by atoms with Crippen molar-refractivity contribution in [3.8, 4) is 0 Å². The van der Waals surface area contributed by atoms with Crippen LogP contribution < -0.4 is 10.7 Å². The first-order chi connectivity index (χ1) is 12.4. The number of benzene rings is 3. The van der Waals surface area contributed by atoms with E-state index in [0.29, 0.717) is 0 Å². The Labute approximate surface area is 149 Å². The van der Waals surface area contributed by atoms with Crippen molar-refractivity contribution in [3.05, 3.63) is 54.6 Å². The van der Waals surface area contributed by atoms with E-state index in [4.69, 9.17) is 0 Å². The minimum atomic E-state index is 1.03. The second kappa shape index (κ2) is 7.56. The maximum atomic E-state index is 4.68. The van der Waals surface area contributed by atoms with Crippen molar-refractivity contribution < 1.29 is 0 Å². The van der Waals surface area contributed by atoms with Gasteiger partial charge in [-0.2, -0.15) is 5.10 Å². The van der Waals surface area contributed by atoms with Crippen molar-refractivity contribution in [2.75, 3.05) is 12.0 Å². The lowest BCUT2D eigenvalue weighted by molar-refractivity contribution is 0.635. The molecule has 0 aromatic heterocycles. The van der Waals surface area contributed by atoms with Crippen molar-refractivity contribution in [3.63, 3.8) is 0 Å². The van der Waals surface area contributed by atoms with Gasteiger partial charge in [-0.15, -0.1) is 0 Å². The molecule has 0 unspecified atom stereocenters. The normalized spacial score (nSPS) is 17.7. The molecule has 2 N–H and O–H groups in total. The molecule has 3 heteroatoms. The summed E-state index contributed by atoms with van der Waals surface area (Å²) in [6.07, 6.45) is 7.46. The Morgan fingerprint density at radius 3 is 2.56 bits per heavy atom. The number of hydrogen-bond acceptors (Lipinski definition) is 2. The van der Waals surface area contributed by atoms with Crippen LogP contribution in [0, 0.1) is 0 Å². The number of nitrogens with one attached hydrogen (secondary N) is 2. The number of anilines is 1. The van der Waals surface area contributed by atoms with Gasteiger partial charge in [-0.05, 0) is 35.1 Å². The molecule has 3 aromatic carbocycles. The van der Waals surface area contributed by atoms with E-state index in [1.807, 2.05) is 0 Å². The summed E-state index contributed by atoms with van der Waals surface area (Å²) in [6.45, 7) is 1.03. The van der Waals surface area contributed by atoms with Gasteiger partial charge in [0.15, 0.2) is 0 Å². The molecule has 0 spiro atoms. The van der Waals surface area contributed by atoms with E-state index in [-0.39, 0.29) is 0 Å². The standard InChI is InChI=1S/C22H25N3/c1-2-4-13-22(23-16-7-3-1)25-24-21-12-8-11-19-18-10-6-5-9-17(18)14-15-20(19)21/h5-6,8-12,14-15,24H,1-4,7,13,16H2,(H,23,25). The van der Waals surface area contributed by atoms with Crippen LogP contribution in [0.1, 0.15) is 38.5 Å². The van der Waals surface area contributed by atoms with Crippen LogP contribution in [-0.2, 0) is 0 Å². The third-order valence-electron chi connectivity index (χ3n) is 5.02. The first-order valence-corrected chi connectivity index (χ1v) is 9.39. The van der Waals surface area contributed by atoms with Crippen molar-refractivity contribution in [2.45, 2.75) is 38.5 Å². The number of fused-ring (bicyclic) bond motifs is 3. The highest BCUT2D eigenvalue weighted by molar-refractivity contribution is 6.11. The van der Waals surface area contributed by atoms with E-state index in [1.165, 1.54) is 53.6 Å². The molecule has 4 rings (SSSR count). The average Bonchev–Trinajstić information content (AvgIpc) is 2.80. The molecular formula is C22H25N3. The van der Waals surface area contributed by atoms with E-state index < -0.39 is 0 Å². The Hall–Kier alpha value is -2.55. The molecule has 0 saturated carbocycles. The largest absolute Gasteiger partial charge is 0.372 e. The highest BCUT2D eigenvalue weighted by Crippen LogP contribution is 2.30. The molecule has 3 aromatic rings. The highest BCUT2D eigenvalue weighted by Gasteiger charge is 2.06. The van der Waals surface area contributed by atoms with Gasteiger partial charge in [-0.1, -0.05) is 67.8 Å². The van der Waals surface area contributed by atoms with Gasteiger partial charge in [-0.3, -0.25) is 5.43 Å². The van der Waals surface area contributed by atoms with Crippen LogP contribution in [0.5, 0.6) is 0 Å². The summed E-state index contributed by atoms with van der Waals surface area (Å²) in [5.41, 5.74) is 4.38. The van der Waals surface area contributed by atoms with Crippen molar-refractivity contribution in [1.82, 2.24) is 5.32 Å². The lowest BCUT2D eigenvalue weighted by Gasteiger charge is -2.11. The van der Waals surface area contributed by atoms with Crippen LogP contribution in [0.25, 0.3) is 21.5 Å². The molecule has 1 aliphatic rings. The van der Waals surface area contributed by atoms with Crippen LogP contribution in [0.2, 0.25) is 0 Å². The summed E-state index contributed by atoms with van der Waals surface area (Å²) in [5.74, 6) is 1.08. The Morgan fingerprint density at radius 1 is 0.720 bits per heavy atom. The maximum Gasteiger partial charge on any atom is 0.122 e. The maximum absolute atomic E-state index is 4.68. The van der Waals surface area contributed by atoms with Gasteiger partial charge in [0.1, 0.15) is 5.84 Å². The zero-order valence-electron chi connectivity index (χ0n) is 14.6. The molecule has 0 bridgehead atoms. The second-order valence-electron chi connectivity index (χ2n) is 6.80. The number of hydrazone groups is 1. The number of hydrogen-bond donors (Lipinski definition) is 2. The molecule has 128 valence electrons. The third-order valence-corrected chi connectivity index (χ3v) is 5.02. The average molecular weight is 331 g/mol. The van der Waals surface area contributed by atoms with Crippen molar-refractivity contribution in [2.24, 2.45) is 5.10 Å². The van der Waals surface area contributed by atoms with Gasteiger partial charge in [0.2, 0.25) is 0 Å². The predicted octanol–water partition coefficient (Wildman–Crippen LogP) is 5.66. The molecule has 1 aliphatic heterocycles. The lowest BCUT2D eigenvalue weighted by atomic mass is 10.0. The zero-order chi connectivity index (χ0) is 16.9. The fourth-order valence-electron chi connectivity index (χ4n) is 3.63. The van der Waals surface area contributed by atoms with Gasteiger partial charge < -0.3 is 5.32 Å². The molecule has 1 heterocycles. The van der Waals surface area contributed by atoms with Crippen LogP contribution in [0.4, 0.5) is 5.69 Å². The minimum Gasteiger partial charge on any atom is -0.372 e. The van der Waals surface area contributed by atoms with E-state index in [1.54, 1.807) is 0 Å². The summed E-state index contributed by atoms with van der Waals surface area (Å²) in [6, 6.07) is 19.3. The van der Waals surface area contributed by atoms with Gasteiger partial charge in [0.25, 0.3) is 0 Å². The molecular weight excluding hydrogens is 306 g/mol. The minimum absolute atomic E-state index is 1.03. The molecule has 25 heavy (non-hydrogen) atoms. The monoisotopic (exact) mass is 331 g/mol. The number of amidine groups is 1. The van der Waals surface area contributed by atoms with Gasteiger partial charge in [0.05, 0.1) is 5.69 Å². The smallest absolute Gasteiger partial charge is 0.122 e. The van der Waals surface area contributed by atoms with Crippen molar-refractivity contribution >= 4 is 33.1 Å². The SMILES string of the molecule is c1ccc2c(c1)ccc1c(NN=C3CCCCCCCN3)cccc12. The Kier molecular flexibility index (Phi) is 4.82. The summed E-state index contributed by atoms with van der Waals surface area (Å²) in [5, 5.41) is 13.2. The second-order valence-corrected chi connectivity index (χ2v) is 6.80. The molecule has 0 atom stereocenters. The zero-order valence-corrected chi connectivity index (χ0v) is 14.6. The molecule has 0 amide bonds. The Morgan fingerprint density at radius 2 is 1.56 bits per heavy atom. The lowest BCUT2D eigenvalue weighted by Crippen LogP contribution is -2.25.